The highest BCUT2D eigenvalue weighted by Crippen LogP contribution is 2.27. The van der Waals surface area contributed by atoms with Gasteiger partial charge in [0.2, 0.25) is 0 Å². The first-order valence-electron chi connectivity index (χ1n) is 4.09. The van der Waals surface area contributed by atoms with Crippen LogP contribution in [0, 0.1) is 0 Å². The molecule has 0 unspecified atom stereocenters. The van der Waals surface area contributed by atoms with Crippen molar-refractivity contribution in [1.29, 1.82) is 0 Å². The van der Waals surface area contributed by atoms with E-state index in [9.17, 15) is 9.90 Å². The molecular weight excluding hydrogens is 198 g/mol. The van der Waals surface area contributed by atoms with Gasteiger partial charge in [-0.3, -0.25) is 0 Å². The van der Waals surface area contributed by atoms with Crippen LogP contribution < -0.4 is 15.9 Å². The Kier molecular flexibility index (Phi) is 3.50. The number of nitrogens with two attached hydrogens (primary N) is 1. The molecule has 0 aromatic heterocycles. The summed E-state index contributed by atoms with van der Waals surface area (Å²) in [7, 11) is 1.42. The van der Waals surface area contributed by atoms with Crippen molar-refractivity contribution in [3.8, 4) is 11.5 Å². The average molecular weight is 209 g/mol. The molecule has 1 rings (SSSR count). The van der Waals surface area contributed by atoms with Gasteiger partial charge in [0.1, 0.15) is 0 Å². The number of carbonyl (C=O) groups excluding carboxylic acids is 1. The van der Waals surface area contributed by atoms with Crippen LogP contribution in [0.15, 0.2) is 23.3 Å². The molecule has 1 aromatic rings. The fourth-order valence-electron chi connectivity index (χ4n) is 1.03. The number of hydrazone groups is 1. The number of methoxy groups -OCH3 is 1. The molecule has 0 spiro atoms. The Labute approximate surface area is 86.4 Å². The zero-order valence-electron chi connectivity index (χ0n) is 8.10. The number of nitrogens with zero attached hydrogens (tertiary/aromatic N) is 1. The maximum Gasteiger partial charge on any atom is 0.332 e. The summed E-state index contributed by atoms with van der Waals surface area (Å²) in [6.45, 7) is 0. The van der Waals surface area contributed by atoms with E-state index < -0.39 is 6.03 Å². The molecule has 15 heavy (non-hydrogen) atoms. The lowest BCUT2D eigenvalue weighted by Crippen LogP contribution is -2.24. The Morgan fingerprint density at radius 1 is 1.67 bits per heavy atom. The largest absolute Gasteiger partial charge is 0.504 e. The lowest BCUT2D eigenvalue weighted by Gasteiger charge is -2.05. The normalized spacial score (nSPS) is 10.2. The van der Waals surface area contributed by atoms with E-state index in [0.717, 1.165) is 0 Å². The molecule has 4 N–H and O–H groups in total. The number of carbonyl (C=O) groups is 1. The molecule has 0 saturated heterocycles. The van der Waals surface area contributed by atoms with Crippen LogP contribution in [0.1, 0.15) is 5.56 Å². The van der Waals surface area contributed by atoms with Crippen molar-refractivity contribution in [2.24, 2.45) is 10.8 Å². The summed E-state index contributed by atoms with van der Waals surface area (Å²) in [6, 6.07) is 4.02. The second-order valence-corrected chi connectivity index (χ2v) is 2.63. The summed E-state index contributed by atoms with van der Waals surface area (Å²) >= 11 is 0. The molecule has 2 amide bonds. The molecule has 6 heteroatoms. The highest BCUT2D eigenvalue weighted by molar-refractivity contribution is 5.85. The maximum absolute atomic E-state index is 10.3. The monoisotopic (exact) mass is 209 g/mol. The summed E-state index contributed by atoms with van der Waals surface area (Å²) < 4.78 is 4.95. The fraction of sp³-hybridized carbons (Fsp3) is 0.111. The van der Waals surface area contributed by atoms with Gasteiger partial charge < -0.3 is 15.6 Å². The second-order valence-electron chi connectivity index (χ2n) is 2.63. The van der Waals surface area contributed by atoms with Gasteiger partial charge >= 0.3 is 6.03 Å². The fourth-order valence-corrected chi connectivity index (χ4v) is 1.03. The van der Waals surface area contributed by atoms with Gasteiger partial charge in [-0.2, -0.15) is 5.10 Å². The minimum Gasteiger partial charge on any atom is -0.504 e. The molecule has 6 nitrogen and oxygen atoms in total. The first kappa shape index (κ1) is 10.8. The number of phenolic OH excluding ortho intramolecular Hbond substituents is 1. The zero-order valence-corrected chi connectivity index (χ0v) is 8.10. The lowest BCUT2D eigenvalue weighted by atomic mass is 10.2. The third kappa shape index (κ3) is 2.87. The number of hydrogen-bond acceptors (Lipinski definition) is 4. The van der Waals surface area contributed by atoms with E-state index in [1.54, 1.807) is 12.1 Å². The van der Waals surface area contributed by atoms with Crippen molar-refractivity contribution in [1.82, 2.24) is 5.43 Å². The average Bonchev–Trinajstić information content (AvgIpc) is 2.17. The minimum atomic E-state index is -0.759. The number of primary amides is 1. The first-order valence-corrected chi connectivity index (χ1v) is 4.09. The van der Waals surface area contributed by atoms with Crippen LogP contribution in [0.2, 0.25) is 0 Å². The van der Waals surface area contributed by atoms with Crippen LogP contribution in [0.3, 0.4) is 0 Å². The van der Waals surface area contributed by atoms with Crippen molar-refractivity contribution in [2.75, 3.05) is 7.11 Å². The number of rotatable bonds is 3. The molecule has 0 heterocycles. The molecule has 0 fully saturated rings. The Hall–Kier alpha value is -2.24. The van der Waals surface area contributed by atoms with Crippen molar-refractivity contribution in [2.45, 2.75) is 0 Å². The highest BCUT2D eigenvalue weighted by Gasteiger charge is 2.05. The van der Waals surface area contributed by atoms with Gasteiger partial charge in [0.25, 0.3) is 0 Å². The van der Waals surface area contributed by atoms with Gasteiger partial charge in [-0.15, -0.1) is 0 Å². The van der Waals surface area contributed by atoms with Gasteiger partial charge in [0.15, 0.2) is 11.5 Å². The standard InChI is InChI=1S/C9H11N3O3/c1-15-8-6(3-2-4-7(8)13)5-11-12-9(10)14/h2-5,13H,1H3,(H3,10,12,14)/b11-5-. The van der Waals surface area contributed by atoms with E-state index in [-0.39, 0.29) is 11.5 Å². The van der Waals surface area contributed by atoms with Crippen molar-refractivity contribution in [3.05, 3.63) is 23.8 Å². The van der Waals surface area contributed by atoms with Crippen LogP contribution >= 0.6 is 0 Å². The molecule has 0 aliphatic heterocycles. The van der Waals surface area contributed by atoms with Crippen molar-refractivity contribution >= 4 is 12.2 Å². The third-order valence-electron chi connectivity index (χ3n) is 1.61. The topological polar surface area (TPSA) is 96.9 Å². The number of benzene rings is 1. The molecule has 80 valence electrons. The van der Waals surface area contributed by atoms with E-state index >= 15 is 0 Å². The number of nitrogens with one attached hydrogen (secondary N) is 1. The molecule has 0 saturated carbocycles. The number of urea groups is 1. The first-order chi connectivity index (χ1) is 7.15. The summed E-state index contributed by atoms with van der Waals surface area (Å²) in [4.78, 5) is 10.3. The van der Waals surface area contributed by atoms with Crippen LogP contribution in [0.25, 0.3) is 0 Å². The van der Waals surface area contributed by atoms with Gasteiger partial charge in [0.05, 0.1) is 13.3 Å². The predicted octanol–water partition coefficient (Wildman–Crippen LogP) is 0.403. The summed E-state index contributed by atoms with van der Waals surface area (Å²) in [5, 5.41) is 13.0. The Morgan fingerprint density at radius 3 is 3.00 bits per heavy atom. The molecule has 0 aliphatic rings. The Morgan fingerprint density at radius 2 is 2.40 bits per heavy atom. The molecule has 0 aliphatic carbocycles. The molecular formula is C9H11N3O3. The highest BCUT2D eigenvalue weighted by atomic mass is 16.5. The minimum absolute atomic E-state index is 0.000486. The zero-order chi connectivity index (χ0) is 11.3. The van der Waals surface area contributed by atoms with Crippen LogP contribution in [-0.4, -0.2) is 24.5 Å². The maximum atomic E-state index is 10.3. The summed E-state index contributed by atoms with van der Waals surface area (Å²) in [5.74, 6) is 0.285. The second kappa shape index (κ2) is 4.85. The van der Waals surface area contributed by atoms with Crippen LogP contribution in [0.4, 0.5) is 4.79 Å². The molecule has 1 aromatic carbocycles. The van der Waals surface area contributed by atoms with Crippen molar-refractivity contribution < 1.29 is 14.6 Å². The van der Waals surface area contributed by atoms with Crippen LogP contribution in [0.5, 0.6) is 11.5 Å². The van der Waals surface area contributed by atoms with Gasteiger partial charge in [-0.05, 0) is 12.1 Å². The molecule has 0 atom stereocenters. The van der Waals surface area contributed by atoms with E-state index in [1.165, 1.54) is 19.4 Å². The Bertz CT molecular complexity index is 390. The van der Waals surface area contributed by atoms with Gasteiger partial charge in [0, 0.05) is 5.56 Å². The number of ether oxygens (including phenoxy) is 1. The number of para-hydroxylation sites is 1. The van der Waals surface area contributed by atoms with E-state index in [1.807, 2.05) is 5.43 Å². The number of phenols is 1. The van der Waals surface area contributed by atoms with E-state index in [4.69, 9.17) is 10.5 Å². The predicted molar refractivity (Wildman–Crippen MR) is 55.0 cm³/mol. The number of amides is 2. The molecule has 0 radical (unpaired) electrons. The summed E-state index contributed by atoms with van der Waals surface area (Å²) in [6.07, 6.45) is 1.32. The van der Waals surface area contributed by atoms with Crippen molar-refractivity contribution in [3.63, 3.8) is 0 Å². The quantitative estimate of drug-likeness (QED) is 0.496. The van der Waals surface area contributed by atoms with Gasteiger partial charge in [-0.25, -0.2) is 10.2 Å². The van der Waals surface area contributed by atoms with Gasteiger partial charge in [-0.1, -0.05) is 6.07 Å². The SMILES string of the molecule is COc1c(O)cccc1/C=N\NC(N)=O. The third-order valence-corrected chi connectivity index (χ3v) is 1.61. The number of aromatic hydroxyl groups is 1. The smallest absolute Gasteiger partial charge is 0.332 e. The van der Waals surface area contributed by atoms with E-state index in [2.05, 4.69) is 5.10 Å². The Balaban J connectivity index is 2.89. The summed E-state index contributed by atoms with van der Waals surface area (Å²) in [5.41, 5.74) is 7.38. The number of hydrogen-bond donors (Lipinski definition) is 3. The van der Waals surface area contributed by atoms with E-state index in [0.29, 0.717) is 5.56 Å². The molecule has 0 bridgehead atoms. The van der Waals surface area contributed by atoms with Crippen LogP contribution in [-0.2, 0) is 0 Å². The lowest BCUT2D eigenvalue weighted by molar-refractivity contribution is 0.249.